The zero-order valence-corrected chi connectivity index (χ0v) is 11.4. The summed E-state index contributed by atoms with van der Waals surface area (Å²) in [6.07, 6.45) is 3.82. The monoisotopic (exact) mass is 275 g/mol. The molecule has 1 N–H and O–H groups in total. The molecule has 0 unspecified atom stereocenters. The van der Waals surface area contributed by atoms with E-state index in [9.17, 15) is 10.1 Å². The van der Waals surface area contributed by atoms with Crippen LogP contribution >= 0.6 is 0 Å². The normalized spacial score (nSPS) is 14.1. The largest absolute Gasteiger partial charge is 0.363 e. The Morgan fingerprint density at radius 3 is 2.95 bits per heavy atom. The molecule has 1 aliphatic carbocycles. The van der Waals surface area contributed by atoms with Gasteiger partial charge >= 0.3 is 5.69 Å². The summed E-state index contributed by atoms with van der Waals surface area (Å²) in [4.78, 5) is 16.8. The summed E-state index contributed by atoms with van der Waals surface area (Å²) in [7, 11) is 0. The molecule has 0 amide bonds. The van der Waals surface area contributed by atoms with Crippen molar-refractivity contribution < 1.29 is 4.92 Å². The van der Waals surface area contributed by atoms with Gasteiger partial charge in [0.1, 0.15) is 6.07 Å². The third kappa shape index (κ3) is 3.42. The fraction of sp³-hybridized carbons (Fsp3) is 0.538. The summed E-state index contributed by atoms with van der Waals surface area (Å²) in [6, 6.07) is 3.77. The number of hydrogen-bond donors (Lipinski definition) is 1. The van der Waals surface area contributed by atoms with Gasteiger partial charge in [0.2, 0.25) is 5.82 Å². The van der Waals surface area contributed by atoms with Crippen LogP contribution in [0.3, 0.4) is 0 Å². The Morgan fingerprint density at radius 1 is 1.65 bits per heavy atom. The van der Waals surface area contributed by atoms with Gasteiger partial charge in [0.05, 0.1) is 10.5 Å². The number of nitro groups is 1. The molecule has 7 heteroatoms. The second kappa shape index (κ2) is 6.30. The Balaban J connectivity index is 1.98. The average Bonchev–Trinajstić information content (AvgIpc) is 3.28. The smallest absolute Gasteiger partial charge is 0.312 e. The minimum atomic E-state index is -0.519. The molecule has 1 saturated carbocycles. The molecule has 0 bridgehead atoms. The van der Waals surface area contributed by atoms with Crippen molar-refractivity contribution in [1.29, 1.82) is 5.26 Å². The van der Waals surface area contributed by atoms with Gasteiger partial charge in [-0.2, -0.15) is 5.26 Å². The standard InChI is InChI=1S/C13H17N5O2/c1-2-17(11-3-4-11)6-5-15-13-12(18(19)20)7-10(8-14)9-16-13/h7,9,11H,2-6H2,1H3,(H,15,16). The van der Waals surface area contributed by atoms with Crippen molar-refractivity contribution in [2.24, 2.45) is 0 Å². The van der Waals surface area contributed by atoms with Crippen molar-refractivity contribution >= 4 is 11.5 Å². The topological polar surface area (TPSA) is 95.1 Å². The molecule has 0 aromatic carbocycles. The highest BCUT2D eigenvalue weighted by Gasteiger charge is 2.27. The van der Waals surface area contributed by atoms with E-state index in [0.29, 0.717) is 12.6 Å². The van der Waals surface area contributed by atoms with E-state index in [1.165, 1.54) is 25.1 Å². The molecule has 1 fully saturated rings. The van der Waals surface area contributed by atoms with Crippen LogP contribution in [0.25, 0.3) is 0 Å². The molecule has 1 aliphatic rings. The zero-order chi connectivity index (χ0) is 14.5. The molecule has 7 nitrogen and oxygen atoms in total. The highest BCUT2D eigenvalue weighted by molar-refractivity contribution is 5.58. The summed E-state index contributed by atoms with van der Waals surface area (Å²) >= 11 is 0. The highest BCUT2D eigenvalue weighted by atomic mass is 16.6. The van der Waals surface area contributed by atoms with E-state index in [1.54, 1.807) is 0 Å². The van der Waals surface area contributed by atoms with E-state index < -0.39 is 4.92 Å². The van der Waals surface area contributed by atoms with Crippen LogP contribution in [0.2, 0.25) is 0 Å². The van der Waals surface area contributed by atoms with Crippen LogP contribution in [-0.4, -0.2) is 40.5 Å². The number of hydrogen-bond acceptors (Lipinski definition) is 6. The van der Waals surface area contributed by atoms with Gasteiger partial charge in [-0.15, -0.1) is 0 Å². The van der Waals surface area contributed by atoms with E-state index in [1.807, 2.05) is 6.07 Å². The SMILES string of the molecule is CCN(CCNc1ncc(C#N)cc1[N+](=O)[O-])C1CC1. The van der Waals surface area contributed by atoms with Crippen LogP contribution in [0.5, 0.6) is 0 Å². The van der Waals surface area contributed by atoms with Gasteiger partial charge in [-0.25, -0.2) is 4.98 Å². The Morgan fingerprint density at radius 2 is 2.40 bits per heavy atom. The number of pyridine rings is 1. The Labute approximate surface area is 117 Å². The summed E-state index contributed by atoms with van der Waals surface area (Å²) in [5, 5.41) is 22.7. The molecular weight excluding hydrogens is 258 g/mol. The predicted molar refractivity (Wildman–Crippen MR) is 74.4 cm³/mol. The van der Waals surface area contributed by atoms with Crippen molar-refractivity contribution in [2.45, 2.75) is 25.8 Å². The van der Waals surface area contributed by atoms with Crippen molar-refractivity contribution in [3.8, 4) is 6.07 Å². The second-order valence-corrected chi connectivity index (χ2v) is 4.75. The van der Waals surface area contributed by atoms with E-state index in [4.69, 9.17) is 5.26 Å². The average molecular weight is 275 g/mol. The molecule has 1 aromatic heterocycles. The lowest BCUT2D eigenvalue weighted by Gasteiger charge is -2.19. The van der Waals surface area contributed by atoms with E-state index in [2.05, 4.69) is 22.1 Å². The maximum Gasteiger partial charge on any atom is 0.312 e. The van der Waals surface area contributed by atoms with E-state index in [-0.39, 0.29) is 17.1 Å². The second-order valence-electron chi connectivity index (χ2n) is 4.75. The van der Waals surface area contributed by atoms with Gasteiger partial charge in [-0.3, -0.25) is 15.0 Å². The highest BCUT2D eigenvalue weighted by Crippen LogP contribution is 2.26. The zero-order valence-electron chi connectivity index (χ0n) is 11.4. The van der Waals surface area contributed by atoms with Gasteiger partial charge in [-0.05, 0) is 19.4 Å². The molecule has 106 valence electrons. The van der Waals surface area contributed by atoms with Crippen LogP contribution in [0, 0.1) is 21.4 Å². The molecule has 1 aromatic rings. The fourth-order valence-corrected chi connectivity index (χ4v) is 2.15. The molecule has 0 spiro atoms. The molecule has 20 heavy (non-hydrogen) atoms. The van der Waals surface area contributed by atoms with E-state index >= 15 is 0 Å². The van der Waals surface area contributed by atoms with Crippen molar-refractivity contribution in [3.05, 3.63) is 27.9 Å². The minimum Gasteiger partial charge on any atom is -0.363 e. The van der Waals surface area contributed by atoms with Gasteiger partial charge in [0.15, 0.2) is 0 Å². The third-order valence-electron chi connectivity index (χ3n) is 3.35. The molecule has 0 saturated heterocycles. The minimum absolute atomic E-state index is 0.154. The summed E-state index contributed by atoms with van der Waals surface area (Å²) < 4.78 is 0. The van der Waals surface area contributed by atoms with Crippen molar-refractivity contribution in [3.63, 3.8) is 0 Å². The number of likely N-dealkylation sites (N-methyl/N-ethyl adjacent to an activating group) is 1. The maximum atomic E-state index is 11.0. The Hall–Kier alpha value is -2.20. The third-order valence-corrected chi connectivity index (χ3v) is 3.35. The van der Waals surface area contributed by atoms with Crippen LogP contribution < -0.4 is 5.32 Å². The first-order chi connectivity index (χ1) is 9.65. The van der Waals surface area contributed by atoms with Crippen LogP contribution in [0.1, 0.15) is 25.3 Å². The van der Waals surface area contributed by atoms with Gasteiger partial charge in [0, 0.05) is 31.4 Å². The predicted octanol–water partition coefficient (Wildman–Crippen LogP) is 1.76. The quantitative estimate of drug-likeness (QED) is 0.601. The lowest BCUT2D eigenvalue weighted by atomic mass is 10.3. The Kier molecular flexibility index (Phi) is 4.48. The van der Waals surface area contributed by atoms with Crippen LogP contribution in [0.4, 0.5) is 11.5 Å². The number of anilines is 1. The lowest BCUT2D eigenvalue weighted by molar-refractivity contribution is -0.384. The van der Waals surface area contributed by atoms with E-state index in [0.717, 1.165) is 13.1 Å². The van der Waals surface area contributed by atoms with Gasteiger partial charge in [0.25, 0.3) is 0 Å². The summed E-state index contributed by atoms with van der Waals surface area (Å²) in [6.45, 7) is 4.53. The molecule has 0 atom stereocenters. The fourth-order valence-electron chi connectivity index (χ4n) is 2.15. The number of nitrogens with one attached hydrogen (secondary N) is 1. The number of aromatic nitrogens is 1. The molecule has 0 aliphatic heterocycles. The number of nitrogens with zero attached hydrogens (tertiary/aromatic N) is 4. The van der Waals surface area contributed by atoms with Crippen LogP contribution in [0.15, 0.2) is 12.3 Å². The lowest BCUT2D eigenvalue weighted by Crippen LogP contribution is -2.31. The summed E-state index contributed by atoms with van der Waals surface area (Å²) in [5.41, 5.74) is 0.0361. The first-order valence-corrected chi connectivity index (χ1v) is 6.68. The first kappa shape index (κ1) is 14.2. The Bertz CT molecular complexity index is 536. The molecule has 0 radical (unpaired) electrons. The van der Waals surface area contributed by atoms with Gasteiger partial charge in [-0.1, -0.05) is 6.92 Å². The molecule has 2 rings (SSSR count). The van der Waals surface area contributed by atoms with Gasteiger partial charge < -0.3 is 5.32 Å². The first-order valence-electron chi connectivity index (χ1n) is 6.68. The molecular formula is C13H17N5O2. The number of rotatable bonds is 7. The van der Waals surface area contributed by atoms with Crippen LogP contribution in [-0.2, 0) is 0 Å². The van der Waals surface area contributed by atoms with Crippen molar-refractivity contribution in [2.75, 3.05) is 25.0 Å². The number of nitriles is 1. The van der Waals surface area contributed by atoms with Crippen molar-refractivity contribution in [1.82, 2.24) is 9.88 Å². The summed E-state index contributed by atoms with van der Waals surface area (Å²) in [5.74, 6) is 0.223. The maximum absolute atomic E-state index is 11.0. The molecule has 1 heterocycles.